The van der Waals surface area contributed by atoms with Crippen LogP contribution in [0.4, 0.5) is 0 Å². The van der Waals surface area contributed by atoms with Gasteiger partial charge in [0, 0.05) is 12.6 Å². The van der Waals surface area contributed by atoms with Crippen LogP contribution in [0.15, 0.2) is 0 Å². The fourth-order valence-corrected chi connectivity index (χ4v) is 3.90. The van der Waals surface area contributed by atoms with E-state index < -0.39 is 11.5 Å². The number of nitrogens with one attached hydrogen (secondary N) is 1. The summed E-state index contributed by atoms with van der Waals surface area (Å²) in [7, 11) is 0. The van der Waals surface area contributed by atoms with Gasteiger partial charge in [-0.05, 0) is 69.4 Å². The zero-order valence-electron chi connectivity index (χ0n) is 13.5. The molecule has 2 saturated carbocycles. The van der Waals surface area contributed by atoms with Gasteiger partial charge in [-0.3, -0.25) is 10.1 Å². The Labute approximate surface area is 128 Å². The maximum absolute atomic E-state index is 12.0. The zero-order valence-corrected chi connectivity index (χ0v) is 13.5. The third-order valence-electron chi connectivity index (χ3n) is 5.74. The van der Waals surface area contributed by atoms with E-state index >= 15 is 0 Å². The minimum Gasteiger partial charge on any atom is -0.480 e. The van der Waals surface area contributed by atoms with Crippen LogP contribution in [-0.4, -0.2) is 47.2 Å². The van der Waals surface area contributed by atoms with Crippen molar-refractivity contribution in [1.29, 1.82) is 0 Å². The van der Waals surface area contributed by atoms with E-state index in [2.05, 4.69) is 24.1 Å². The minimum atomic E-state index is -0.675. The molecule has 0 amide bonds. The number of likely N-dealkylation sites (tertiary alicyclic amines) is 1. The number of piperidine rings is 1. The van der Waals surface area contributed by atoms with Crippen LogP contribution in [0.2, 0.25) is 0 Å². The molecular formula is C17H30N2O2. The molecule has 120 valence electrons. The summed E-state index contributed by atoms with van der Waals surface area (Å²) in [5, 5.41) is 13.4. The van der Waals surface area contributed by atoms with E-state index in [1.807, 2.05) is 0 Å². The van der Waals surface area contributed by atoms with Crippen molar-refractivity contribution < 1.29 is 9.90 Å². The molecule has 1 saturated heterocycles. The molecule has 3 aliphatic rings. The number of aliphatic carboxylic acids is 1. The Kier molecular flexibility index (Phi) is 4.28. The molecule has 1 atom stereocenters. The maximum atomic E-state index is 12.0. The van der Waals surface area contributed by atoms with Crippen LogP contribution < -0.4 is 5.32 Å². The van der Waals surface area contributed by atoms with Gasteiger partial charge in [-0.15, -0.1) is 0 Å². The Bertz CT molecular complexity index is 382. The molecule has 0 bridgehead atoms. The van der Waals surface area contributed by atoms with Crippen LogP contribution >= 0.6 is 0 Å². The van der Waals surface area contributed by atoms with Gasteiger partial charge in [-0.1, -0.05) is 13.8 Å². The smallest absolute Gasteiger partial charge is 0.325 e. The third-order valence-corrected chi connectivity index (χ3v) is 5.74. The van der Waals surface area contributed by atoms with Gasteiger partial charge >= 0.3 is 5.97 Å². The van der Waals surface area contributed by atoms with Gasteiger partial charge in [0.1, 0.15) is 5.54 Å². The summed E-state index contributed by atoms with van der Waals surface area (Å²) < 4.78 is 0. The Hall–Kier alpha value is -0.610. The largest absolute Gasteiger partial charge is 0.480 e. The van der Waals surface area contributed by atoms with Gasteiger partial charge in [-0.2, -0.15) is 0 Å². The number of hydrogen-bond acceptors (Lipinski definition) is 3. The van der Waals surface area contributed by atoms with Gasteiger partial charge in [0.2, 0.25) is 0 Å². The summed E-state index contributed by atoms with van der Waals surface area (Å²) in [6.07, 6.45) is 6.90. The highest BCUT2D eigenvalue weighted by Crippen LogP contribution is 2.42. The molecule has 21 heavy (non-hydrogen) atoms. The second-order valence-electron chi connectivity index (χ2n) is 7.83. The standard InChI is InChI=1S/C17H30N2O2/c1-12(2)13-7-9-19(10-8-13)11-17(16(20)21,14-3-4-14)18-15-5-6-15/h12-15,18H,3-11H2,1-2H3,(H,20,21). The first-order valence-electron chi connectivity index (χ1n) is 8.74. The lowest BCUT2D eigenvalue weighted by Crippen LogP contribution is -2.62. The summed E-state index contributed by atoms with van der Waals surface area (Å²) in [5.41, 5.74) is -0.675. The molecule has 0 aromatic rings. The molecule has 4 heteroatoms. The Morgan fingerprint density at radius 1 is 1.19 bits per heavy atom. The quantitative estimate of drug-likeness (QED) is 0.757. The lowest BCUT2D eigenvalue weighted by Gasteiger charge is -2.40. The van der Waals surface area contributed by atoms with Crippen LogP contribution in [0.1, 0.15) is 52.4 Å². The van der Waals surface area contributed by atoms with E-state index in [9.17, 15) is 9.90 Å². The molecule has 0 aromatic heterocycles. The SMILES string of the molecule is CC(C)C1CCN(CC(NC2CC2)(C(=O)O)C2CC2)CC1. The molecule has 3 rings (SSSR count). The highest BCUT2D eigenvalue weighted by molar-refractivity contribution is 5.80. The number of carboxylic acids is 1. The van der Waals surface area contributed by atoms with E-state index in [-0.39, 0.29) is 0 Å². The lowest BCUT2D eigenvalue weighted by atomic mass is 9.85. The molecule has 3 fully saturated rings. The van der Waals surface area contributed by atoms with E-state index in [1.165, 1.54) is 12.8 Å². The Morgan fingerprint density at radius 3 is 2.24 bits per heavy atom. The number of carboxylic acid groups (broad SMARTS) is 1. The van der Waals surface area contributed by atoms with Gasteiger partial charge in [0.15, 0.2) is 0 Å². The Balaban J connectivity index is 1.63. The molecule has 4 nitrogen and oxygen atoms in total. The van der Waals surface area contributed by atoms with E-state index in [1.54, 1.807) is 0 Å². The topological polar surface area (TPSA) is 52.6 Å². The van der Waals surface area contributed by atoms with E-state index in [4.69, 9.17) is 0 Å². The van der Waals surface area contributed by atoms with E-state index in [0.717, 1.165) is 50.6 Å². The summed E-state index contributed by atoms with van der Waals surface area (Å²) in [5.74, 6) is 1.29. The average Bonchev–Trinajstić information content (AvgIpc) is 3.31. The Morgan fingerprint density at radius 2 is 1.81 bits per heavy atom. The highest BCUT2D eigenvalue weighted by atomic mass is 16.4. The first kappa shape index (κ1) is 15.3. The number of hydrogen-bond donors (Lipinski definition) is 2. The first-order chi connectivity index (χ1) is 10.0. The molecular weight excluding hydrogens is 264 g/mol. The van der Waals surface area contributed by atoms with Crippen molar-refractivity contribution in [1.82, 2.24) is 10.2 Å². The molecule has 1 aliphatic heterocycles. The molecule has 0 spiro atoms. The molecule has 0 aromatic carbocycles. The predicted octanol–water partition coefficient (Wildman–Crippen LogP) is 2.34. The normalized spacial score (nSPS) is 27.8. The van der Waals surface area contributed by atoms with Crippen molar-refractivity contribution in [2.24, 2.45) is 17.8 Å². The van der Waals surface area contributed by atoms with Crippen molar-refractivity contribution in [2.45, 2.75) is 64.0 Å². The molecule has 2 N–H and O–H groups in total. The first-order valence-corrected chi connectivity index (χ1v) is 8.74. The lowest BCUT2D eigenvalue weighted by molar-refractivity contribution is -0.147. The number of rotatable bonds is 7. The van der Waals surface area contributed by atoms with Crippen molar-refractivity contribution >= 4 is 5.97 Å². The second kappa shape index (κ2) is 5.88. The van der Waals surface area contributed by atoms with Crippen LogP contribution in [-0.2, 0) is 4.79 Å². The highest BCUT2D eigenvalue weighted by Gasteiger charge is 2.54. The van der Waals surface area contributed by atoms with E-state index in [0.29, 0.717) is 18.5 Å². The summed E-state index contributed by atoms with van der Waals surface area (Å²) in [4.78, 5) is 14.4. The van der Waals surface area contributed by atoms with Crippen LogP contribution in [0, 0.1) is 17.8 Å². The number of carbonyl (C=O) groups is 1. The summed E-state index contributed by atoms with van der Waals surface area (Å²) in [6.45, 7) is 7.45. The van der Waals surface area contributed by atoms with Crippen molar-refractivity contribution in [3.05, 3.63) is 0 Å². The predicted molar refractivity (Wildman–Crippen MR) is 83.3 cm³/mol. The fourth-order valence-electron chi connectivity index (χ4n) is 3.90. The molecule has 1 unspecified atom stereocenters. The second-order valence-corrected chi connectivity index (χ2v) is 7.83. The number of nitrogens with zero attached hydrogens (tertiary/aromatic N) is 1. The van der Waals surface area contributed by atoms with Crippen LogP contribution in [0.25, 0.3) is 0 Å². The van der Waals surface area contributed by atoms with Gasteiger partial charge in [0.05, 0.1) is 0 Å². The van der Waals surface area contributed by atoms with Crippen molar-refractivity contribution in [3.63, 3.8) is 0 Å². The van der Waals surface area contributed by atoms with Crippen molar-refractivity contribution in [3.8, 4) is 0 Å². The fraction of sp³-hybridized carbons (Fsp3) is 0.941. The molecule has 2 aliphatic carbocycles. The van der Waals surface area contributed by atoms with Gasteiger partial charge < -0.3 is 10.0 Å². The third kappa shape index (κ3) is 3.42. The zero-order chi connectivity index (χ0) is 15.0. The molecule has 0 radical (unpaired) electrons. The average molecular weight is 294 g/mol. The van der Waals surface area contributed by atoms with Crippen LogP contribution in [0.5, 0.6) is 0 Å². The van der Waals surface area contributed by atoms with Gasteiger partial charge in [-0.25, -0.2) is 0 Å². The summed E-state index contributed by atoms with van der Waals surface area (Å²) >= 11 is 0. The molecule has 1 heterocycles. The van der Waals surface area contributed by atoms with Crippen molar-refractivity contribution in [2.75, 3.05) is 19.6 Å². The maximum Gasteiger partial charge on any atom is 0.325 e. The monoisotopic (exact) mass is 294 g/mol. The van der Waals surface area contributed by atoms with Gasteiger partial charge in [0.25, 0.3) is 0 Å². The minimum absolute atomic E-state index is 0.346. The summed E-state index contributed by atoms with van der Waals surface area (Å²) in [6, 6.07) is 0.454. The van der Waals surface area contributed by atoms with Crippen LogP contribution in [0.3, 0.4) is 0 Å².